The van der Waals surface area contributed by atoms with Crippen LogP contribution in [0.3, 0.4) is 0 Å². The Labute approximate surface area is 321 Å². The van der Waals surface area contributed by atoms with Gasteiger partial charge in [-0.15, -0.1) is 10.1 Å². The molecular weight excluding hydrogens is 713 g/mol. The van der Waals surface area contributed by atoms with Crippen molar-refractivity contribution in [3.8, 4) is 11.4 Å². The zero-order valence-corrected chi connectivity index (χ0v) is 30.5. The van der Waals surface area contributed by atoms with Gasteiger partial charge in [-0.05, 0) is 85.0 Å². The lowest BCUT2D eigenvalue weighted by atomic mass is 9.91. The van der Waals surface area contributed by atoms with Crippen molar-refractivity contribution in [2.75, 3.05) is 26.2 Å². The number of amides is 2. The first-order chi connectivity index (χ1) is 27.2. The molecule has 2 aromatic heterocycles. The molecule has 8 rings (SSSR count). The van der Waals surface area contributed by atoms with Gasteiger partial charge < -0.3 is 21.1 Å². The van der Waals surface area contributed by atoms with Crippen molar-refractivity contribution < 1.29 is 28.9 Å². The summed E-state index contributed by atoms with van der Waals surface area (Å²) in [6, 6.07) is 26.7. The van der Waals surface area contributed by atoms with Gasteiger partial charge >= 0.3 is 11.9 Å². The minimum Gasteiger partial charge on any atom is -0.366 e. The number of fused-ring (bicyclic) bond motifs is 2. The number of carbonyl (C=O) groups is 4. The molecule has 56 heavy (non-hydrogen) atoms. The highest BCUT2D eigenvalue weighted by Crippen LogP contribution is 2.30. The Morgan fingerprint density at radius 2 is 1.00 bits per heavy atom. The summed E-state index contributed by atoms with van der Waals surface area (Å²) < 4.78 is 3.46. The summed E-state index contributed by atoms with van der Waals surface area (Å²) in [7, 11) is 0. The highest BCUT2D eigenvalue weighted by Gasteiger charge is 2.26. The number of nitrogens with two attached hydrogens (primary N) is 2. The number of primary amides is 2. The van der Waals surface area contributed by atoms with Gasteiger partial charge in [-0.25, -0.2) is 19.0 Å². The summed E-state index contributed by atoms with van der Waals surface area (Å²) in [4.78, 5) is 60.3. The number of rotatable bonds is 10. The lowest BCUT2D eigenvalue weighted by Crippen LogP contribution is -2.36. The summed E-state index contributed by atoms with van der Waals surface area (Å²) >= 11 is 0. The van der Waals surface area contributed by atoms with Crippen molar-refractivity contribution in [1.82, 2.24) is 29.7 Å². The molecule has 2 saturated heterocycles. The van der Waals surface area contributed by atoms with Gasteiger partial charge in [-0.3, -0.25) is 9.59 Å². The van der Waals surface area contributed by atoms with Gasteiger partial charge in [-0.2, -0.15) is 10.2 Å². The number of benzene rings is 4. The molecule has 0 bridgehead atoms. The van der Waals surface area contributed by atoms with Crippen LogP contribution in [-0.4, -0.2) is 79.6 Å². The molecule has 4 N–H and O–H groups in total. The Morgan fingerprint density at radius 3 is 1.39 bits per heavy atom. The van der Waals surface area contributed by atoms with Gasteiger partial charge in [0, 0.05) is 61.5 Å². The quantitative estimate of drug-likeness (QED) is 0.179. The maximum atomic E-state index is 12.7. The molecule has 2 atom stereocenters. The zero-order chi connectivity index (χ0) is 38.8. The number of hydrogen-bond donors (Lipinski definition) is 2. The third kappa shape index (κ3) is 7.78. The van der Waals surface area contributed by atoms with Crippen molar-refractivity contribution >= 4 is 45.6 Å². The Balaban J connectivity index is 0.820. The average molecular weight is 753 g/mol. The fourth-order valence-corrected chi connectivity index (χ4v) is 7.60. The second kappa shape index (κ2) is 15.6. The minimum atomic E-state index is -0.647. The van der Waals surface area contributed by atoms with Gasteiger partial charge in [0.15, 0.2) is 0 Å². The van der Waals surface area contributed by atoms with Crippen LogP contribution in [0.15, 0.2) is 109 Å². The zero-order valence-electron chi connectivity index (χ0n) is 30.5. The predicted octanol–water partition coefficient (Wildman–Crippen LogP) is 5.09. The Bertz CT molecular complexity index is 2300. The average Bonchev–Trinajstić information content (AvgIpc) is 3.86. The summed E-state index contributed by atoms with van der Waals surface area (Å²) in [5, 5.41) is 14.1. The fraction of sp³-hybridized carbons (Fsp3) is 0.238. The topological polar surface area (TPSA) is 181 Å². The van der Waals surface area contributed by atoms with E-state index in [1.54, 1.807) is 43.8 Å². The molecule has 2 amide bonds. The van der Waals surface area contributed by atoms with Crippen LogP contribution in [0.25, 0.3) is 33.2 Å². The number of hydrogen-bond acceptors (Lipinski definition) is 10. The lowest BCUT2D eigenvalue weighted by molar-refractivity contribution is -0.192. The number of carbonyl (C=O) groups excluding carboxylic acids is 4. The first-order valence-corrected chi connectivity index (χ1v) is 18.6. The van der Waals surface area contributed by atoms with E-state index in [4.69, 9.17) is 21.1 Å². The summed E-state index contributed by atoms with van der Waals surface area (Å²) in [6.45, 7) is 2.21. The van der Waals surface area contributed by atoms with Crippen LogP contribution in [0, 0.1) is 0 Å². The standard InChI is InChI=1S/C42H40N8O6/c43-41(53)35-9-1-5-31-25-49(45-39(31)35)33-15-11-27(12-16-33)29-7-3-21-47(23-29)55-37(51)19-20-38(52)56-48-22-4-8-30(24-48)28-13-17-34(18-14-28)50-26-32-6-2-10-36(42(44)54)40(32)46-50/h1-2,5-6,9-20,25-26,29-30H,3-4,7-8,21-24H2,(H2,43,53)(H2,44,54)/b20-19+/t29-,30-/m1/s1. The van der Waals surface area contributed by atoms with Crippen molar-refractivity contribution in [1.29, 1.82) is 0 Å². The maximum Gasteiger partial charge on any atom is 0.349 e. The van der Waals surface area contributed by atoms with Crippen molar-refractivity contribution in [2.24, 2.45) is 11.5 Å². The molecule has 6 aromatic rings. The van der Waals surface area contributed by atoms with E-state index in [1.165, 1.54) is 0 Å². The summed E-state index contributed by atoms with van der Waals surface area (Å²) in [5.74, 6) is -2.05. The van der Waals surface area contributed by atoms with Crippen LogP contribution in [0.4, 0.5) is 0 Å². The van der Waals surface area contributed by atoms with Crippen LogP contribution in [0.5, 0.6) is 0 Å². The third-order valence-corrected chi connectivity index (χ3v) is 10.4. The second-order valence-corrected chi connectivity index (χ2v) is 14.2. The van der Waals surface area contributed by atoms with Gasteiger partial charge in [0.2, 0.25) is 0 Å². The number of nitrogens with zero attached hydrogens (tertiary/aromatic N) is 6. The normalized spacial score (nSPS) is 18.0. The summed E-state index contributed by atoms with van der Waals surface area (Å²) in [5.41, 5.74) is 16.8. The first kappa shape index (κ1) is 36.3. The van der Waals surface area contributed by atoms with Crippen LogP contribution in [0.2, 0.25) is 0 Å². The van der Waals surface area contributed by atoms with E-state index >= 15 is 0 Å². The van der Waals surface area contributed by atoms with E-state index in [0.29, 0.717) is 48.3 Å². The van der Waals surface area contributed by atoms with Gasteiger partial charge in [0.25, 0.3) is 11.8 Å². The Kier molecular flexibility index (Phi) is 10.1. The second-order valence-electron chi connectivity index (χ2n) is 14.2. The SMILES string of the molecule is NC(=O)c1cccc2cn(-c3ccc([C@@H]4CCCN(OC(=O)/C=C/C(=O)ON5CCC[C@@H](c6ccc(-n7cc8cccc(C(N)=O)c8n7)cc6)C5)C4)cc3)nc12. The molecule has 284 valence electrons. The smallest absolute Gasteiger partial charge is 0.349 e. The molecule has 0 spiro atoms. The molecule has 14 nitrogen and oxygen atoms in total. The summed E-state index contributed by atoms with van der Waals surface area (Å²) in [6.07, 6.45) is 9.47. The van der Waals surface area contributed by atoms with E-state index in [-0.39, 0.29) is 11.8 Å². The Morgan fingerprint density at radius 1 is 0.589 bits per heavy atom. The van der Waals surface area contributed by atoms with E-state index in [1.807, 2.05) is 73.1 Å². The maximum absolute atomic E-state index is 12.7. The minimum absolute atomic E-state index is 0.142. The van der Waals surface area contributed by atoms with Crippen LogP contribution in [0.1, 0.15) is 69.4 Å². The molecule has 4 aromatic carbocycles. The molecule has 2 fully saturated rings. The predicted molar refractivity (Wildman–Crippen MR) is 208 cm³/mol. The van der Waals surface area contributed by atoms with E-state index in [2.05, 4.69) is 10.2 Å². The molecule has 0 unspecified atom stereocenters. The molecule has 0 saturated carbocycles. The van der Waals surface area contributed by atoms with E-state index < -0.39 is 23.8 Å². The first-order valence-electron chi connectivity index (χ1n) is 18.6. The number of aromatic nitrogens is 4. The van der Waals surface area contributed by atoms with Gasteiger partial charge in [-0.1, -0.05) is 48.5 Å². The molecule has 2 aliphatic heterocycles. The van der Waals surface area contributed by atoms with Crippen molar-refractivity contribution in [2.45, 2.75) is 37.5 Å². The fourth-order valence-electron chi connectivity index (χ4n) is 7.60. The van der Waals surface area contributed by atoms with Crippen LogP contribution >= 0.6 is 0 Å². The number of hydroxylamine groups is 4. The molecule has 0 radical (unpaired) electrons. The van der Waals surface area contributed by atoms with Crippen molar-refractivity contribution in [3.05, 3.63) is 132 Å². The largest absolute Gasteiger partial charge is 0.366 e. The van der Waals surface area contributed by atoms with E-state index in [9.17, 15) is 19.2 Å². The number of piperidine rings is 2. The highest BCUT2D eigenvalue weighted by molar-refractivity contribution is 6.05. The Hall–Kier alpha value is -6.64. The molecule has 0 aliphatic carbocycles. The third-order valence-electron chi connectivity index (χ3n) is 10.4. The molecule has 4 heterocycles. The molecule has 2 aliphatic rings. The van der Waals surface area contributed by atoms with Crippen molar-refractivity contribution in [3.63, 3.8) is 0 Å². The monoisotopic (exact) mass is 752 g/mol. The van der Waals surface area contributed by atoms with Crippen LogP contribution < -0.4 is 11.5 Å². The molecule has 14 heteroatoms. The van der Waals surface area contributed by atoms with Gasteiger partial charge in [0.1, 0.15) is 11.0 Å². The molecular formula is C42H40N8O6. The van der Waals surface area contributed by atoms with Crippen LogP contribution in [-0.2, 0) is 19.3 Å². The van der Waals surface area contributed by atoms with Gasteiger partial charge in [0.05, 0.1) is 22.5 Å². The highest BCUT2D eigenvalue weighted by atomic mass is 16.7. The lowest BCUT2D eigenvalue weighted by Gasteiger charge is -2.31. The van der Waals surface area contributed by atoms with E-state index in [0.717, 1.165) is 71.1 Å².